The van der Waals surface area contributed by atoms with Crippen molar-refractivity contribution in [3.8, 4) is 0 Å². The number of anilines is 1. The Hall–Kier alpha value is -1.76. The van der Waals surface area contributed by atoms with Gasteiger partial charge in [0.15, 0.2) is 0 Å². The summed E-state index contributed by atoms with van der Waals surface area (Å²) in [5.74, 6) is 0. The molecule has 1 unspecified atom stereocenters. The first kappa shape index (κ1) is 12.3. The molecule has 2 aromatic rings. The normalized spacial score (nSPS) is 15.1. The van der Waals surface area contributed by atoms with Gasteiger partial charge < -0.3 is 5.32 Å². The van der Waals surface area contributed by atoms with E-state index in [-0.39, 0.29) is 0 Å². The molecule has 1 aliphatic rings. The minimum atomic E-state index is 0.355. The lowest BCUT2D eigenvalue weighted by Gasteiger charge is -2.17. The fourth-order valence-electron chi connectivity index (χ4n) is 2.84. The Labute approximate surface area is 115 Å². The van der Waals surface area contributed by atoms with E-state index in [2.05, 4.69) is 61.6 Å². The maximum absolute atomic E-state index is 3.58. The summed E-state index contributed by atoms with van der Waals surface area (Å²) in [6.07, 6.45) is 3.83. The Morgan fingerprint density at radius 2 is 1.68 bits per heavy atom. The molecule has 1 N–H and O–H groups in total. The van der Waals surface area contributed by atoms with Crippen LogP contribution in [-0.4, -0.2) is 0 Å². The first-order chi connectivity index (χ1) is 9.22. The first-order valence-electron chi connectivity index (χ1n) is 7.17. The average molecular weight is 251 g/mol. The van der Waals surface area contributed by atoms with Crippen LogP contribution in [0, 0.1) is 6.92 Å². The molecule has 0 fully saturated rings. The van der Waals surface area contributed by atoms with Crippen LogP contribution < -0.4 is 5.32 Å². The summed E-state index contributed by atoms with van der Waals surface area (Å²) in [6, 6.07) is 15.9. The van der Waals surface area contributed by atoms with Crippen molar-refractivity contribution in [2.45, 2.75) is 39.2 Å². The molecule has 19 heavy (non-hydrogen) atoms. The molecule has 0 bridgehead atoms. The van der Waals surface area contributed by atoms with Gasteiger partial charge >= 0.3 is 0 Å². The van der Waals surface area contributed by atoms with Gasteiger partial charge in [0.2, 0.25) is 0 Å². The van der Waals surface area contributed by atoms with Crippen molar-refractivity contribution < 1.29 is 0 Å². The van der Waals surface area contributed by atoms with Gasteiger partial charge in [-0.15, -0.1) is 0 Å². The SMILES string of the molecule is Cc1ccc(NC(C)c2ccc3c(c2)CCC3)cc1. The molecule has 1 atom stereocenters. The largest absolute Gasteiger partial charge is 0.379 e. The zero-order valence-electron chi connectivity index (χ0n) is 11.7. The van der Waals surface area contributed by atoms with Gasteiger partial charge in [-0.1, -0.05) is 35.9 Å². The summed E-state index contributed by atoms with van der Waals surface area (Å²) in [5, 5.41) is 3.58. The van der Waals surface area contributed by atoms with Gasteiger partial charge in [0.1, 0.15) is 0 Å². The molecule has 0 heterocycles. The number of hydrogen-bond donors (Lipinski definition) is 1. The van der Waals surface area contributed by atoms with Crippen molar-refractivity contribution in [2.24, 2.45) is 0 Å². The molecule has 1 nitrogen and oxygen atoms in total. The minimum Gasteiger partial charge on any atom is -0.379 e. The number of fused-ring (bicyclic) bond motifs is 1. The van der Waals surface area contributed by atoms with Gasteiger partial charge in [-0.05, 0) is 61.9 Å². The summed E-state index contributed by atoms with van der Waals surface area (Å²) >= 11 is 0. The van der Waals surface area contributed by atoms with Gasteiger partial charge in [-0.3, -0.25) is 0 Å². The van der Waals surface area contributed by atoms with E-state index in [0.717, 1.165) is 0 Å². The Bertz CT molecular complexity index is 569. The highest BCUT2D eigenvalue weighted by Gasteiger charge is 2.13. The van der Waals surface area contributed by atoms with Crippen molar-refractivity contribution in [3.05, 3.63) is 64.7 Å². The van der Waals surface area contributed by atoms with Crippen molar-refractivity contribution >= 4 is 5.69 Å². The number of benzene rings is 2. The van der Waals surface area contributed by atoms with Crippen LogP contribution in [0.5, 0.6) is 0 Å². The topological polar surface area (TPSA) is 12.0 Å². The molecule has 98 valence electrons. The fourth-order valence-corrected chi connectivity index (χ4v) is 2.84. The van der Waals surface area contributed by atoms with Gasteiger partial charge in [0, 0.05) is 11.7 Å². The van der Waals surface area contributed by atoms with Crippen LogP contribution in [0.2, 0.25) is 0 Å². The van der Waals surface area contributed by atoms with Gasteiger partial charge in [-0.25, -0.2) is 0 Å². The molecule has 0 aromatic heterocycles. The van der Waals surface area contributed by atoms with Gasteiger partial charge in [0.25, 0.3) is 0 Å². The van der Waals surface area contributed by atoms with E-state index in [4.69, 9.17) is 0 Å². The highest BCUT2D eigenvalue weighted by Crippen LogP contribution is 2.27. The summed E-state index contributed by atoms with van der Waals surface area (Å²) in [5.41, 5.74) is 6.98. The lowest BCUT2D eigenvalue weighted by atomic mass is 10.0. The van der Waals surface area contributed by atoms with Crippen molar-refractivity contribution in [1.29, 1.82) is 0 Å². The predicted molar refractivity (Wildman–Crippen MR) is 81.7 cm³/mol. The molecule has 0 saturated heterocycles. The van der Waals surface area contributed by atoms with Crippen molar-refractivity contribution in [3.63, 3.8) is 0 Å². The van der Waals surface area contributed by atoms with Gasteiger partial charge in [0.05, 0.1) is 0 Å². The third-order valence-corrected chi connectivity index (χ3v) is 4.06. The smallest absolute Gasteiger partial charge is 0.0485 e. The minimum absolute atomic E-state index is 0.355. The molecule has 0 saturated carbocycles. The summed E-state index contributed by atoms with van der Waals surface area (Å²) < 4.78 is 0. The number of hydrogen-bond acceptors (Lipinski definition) is 1. The summed E-state index contributed by atoms with van der Waals surface area (Å²) in [4.78, 5) is 0. The molecule has 2 aromatic carbocycles. The number of rotatable bonds is 3. The molecule has 1 aliphatic carbocycles. The molecule has 0 spiro atoms. The molecule has 0 radical (unpaired) electrons. The summed E-state index contributed by atoms with van der Waals surface area (Å²) in [7, 11) is 0. The van der Waals surface area contributed by atoms with E-state index in [0.29, 0.717) is 6.04 Å². The van der Waals surface area contributed by atoms with Crippen molar-refractivity contribution in [2.75, 3.05) is 5.32 Å². The maximum Gasteiger partial charge on any atom is 0.0485 e. The number of nitrogens with one attached hydrogen (secondary N) is 1. The monoisotopic (exact) mass is 251 g/mol. The molecule has 3 rings (SSSR count). The van der Waals surface area contributed by atoms with Crippen LogP contribution in [0.25, 0.3) is 0 Å². The van der Waals surface area contributed by atoms with E-state index in [9.17, 15) is 0 Å². The fraction of sp³-hybridized carbons (Fsp3) is 0.333. The second-order valence-electron chi connectivity index (χ2n) is 5.61. The summed E-state index contributed by atoms with van der Waals surface area (Å²) in [6.45, 7) is 4.35. The predicted octanol–water partition coefficient (Wildman–Crippen LogP) is 4.66. The maximum atomic E-state index is 3.58. The Balaban J connectivity index is 1.76. The van der Waals surface area contributed by atoms with Crippen LogP contribution in [0.3, 0.4) is 0 Å². The molecular formula is C18H21N. The van der Waals surface area contributed by atoms with Crippen molar-refractivity contribution in [1.82, 2.24) is 0 Å². The Kier molecular flexibility index (Phi) is 3.29. The van der Waals surface area contributed by atoms with E-state index in [1.165, 1.54) is 36.1 Å². The van der Waals surface area contributed by atoms with Crippen LogP contribution in [0.15, 0.2) is 42.5 Å². The van der Waals surface area contributed by atoms with E-state index in [1.54, 1.807) is 11.1 Å². The van der Waals surface area contributed by atoms with Crippen LogP contribution in [-0.2, 0) is 12.8 Å². The lowest BCUT2D eigenvalue weighted by Crippen LogP contribution is -2.07. The third-order valence-electron chi connectivity index (χ3n) is 4.06. The molecule has 1 heteroatoms. The van der Waals surface area contributed by atoms with E-state index < -0.39 is 0 Å². The third kappa shape index (κ3) is 2.65. The Morgan fingerprint density at radius 3 is 2.47 bits per heavy atom. The number of aryl methyl sites for hydroxylation is 3. The molecular weight excluding hydrogens is 230 g/mol. The Morgan fingerprint density at radius 1 is 0.947 bits per heavy atom. The quantitative estimate of drug-likeness (QED) is 0.836. The average Bonchev–Trinajstić information content (AvgIpc) is 2.88. The highest BCUT2D eigenvalue weighted by molar-refractivity contribution is 5.47. The molecule has 0 aliphatic heterocycles. The lowest BCUT2D eigenvalue weighted by molar-refractivity contribution is 0.879. The van der Waals surface area contributed by atoms with E-state index in [1.807, 2.05) is 0 Å². The van der Waals surface area contributed by atoms with Crippen LogP contribution in [0.4, 0.5) is 5.69 Å². The second kappa shape index (κ2) is 5.08. The highest BCUT2D eigenvalue weighted by atomic mass is 14.9. The van der Waals surface area contributed by atoms with Crippen LogP contribution in [0.1, 0.15) is 41.6 Å². The zero-order chi connectivity index (χ0) is 13.2. The van der Waals surface area contributed by atoms with Gasteiger partial charge in [-0.2, -0.15) is 0 Å². The standard InChI is InChI=1S/C18H21N/c1-13-6-10-18(11-7-13)19-14(2)16-9-8-15-4-3-5-17(15)12-16/h6-12,14,19H,3-5H2,1-2H3. The second-order valence-corrected chi connectivity index (χ2v) is 5.61. The first-order valence-corrected chi connectivity index (χ1v) is 7.17. The van der Waals surface area contributed by atoms with E-state index >= 15 is 0 Å². The zero-order valence-corrected chi connectivity index (χ0v) is 11.7. The molecule has 0 amide bonds. The van der Waals surface area contributed by atoms with Crippen LogP contribution >= 0.6 is 0 Å².